The highest BCUT2D eigenvalue weighted by Crippen LogP contribution is 2.21. The van der Waals surface area contributed by atoms with Crippen LogP contribution in [0.1, 0.15) is 16.3 Å². The Bertz CT molecular complexity index is 686. The molecule has 0 amide bonds. The van der Waals surface area contributed by atoms with Gasteiger partial charge in [-0.15, -0.1) is 11.3 Å². The molecule has 1 atom stereocenters. The number of aryl methyl sites for hydroxylation is 1. The second-order valence-corrected chi connectivity index (χ2v) is 7.78. The Balaban J connectivity index is 1.50. The topological polar surface area (TPSA) is 74.9 Å². The van der Waals surface area contributed by atoms with Crippen molar-refractivity contribution in [2.75, 3.05) is 39.3 Å². The average molecular weight is 377 g/mol. The molecule has 26 heavy (non-hydrogen) atoms. The second-order valence-electron chi connectivity index (χ2n) is 6.72. The number of aliphatic hydroxyl groups is 1. The van der Waals surface area contributed by atoms with Crippen molar-refractivity contribution >= 4 is 11.3 Å². The van der Waals surface area contributed by atoms with Crippen LogP contribution in [0.2, 0.25) is 0 Å². The number of para-hydroxylation sites is 1. The van der Waals surface area contributed by atoms with Crippen molar-refractivity contribution in [1.82, 2.24) is 14.8 Å². The highest BCUT2D eigenvalue weighted by molar-refractivity contribution is 7.09. The molecule has 1 saturated heterocycles. The molecular weight excluding hydrogens is 348 g/mol. The molecule has 1 aliphatic rings. The molecule has 0 spiro atoms. The van der Waals surface area contributed by atoms with Gasteiger partial charge in [0.05, 0.1) is 10.7 Å². The van der Waals surface area contributed by atoms with Crippen molar-refractivity contribution in [2.45, 2.75) is 26.1 Å². The van der Waals surface area contributed by atoms with Crippen LogP contribution in [-0.4, -0.2) is 65.3 Å². The van der Waals surface area contributed by atoms with Crippen molar-refractivity contribution in [3.8, 4) is 5.75 Å². The molecule has 142 valence electrons. The van der Waals surface area contributed by atoms with Crippen LogP contribution < -0.4 is 10.5 Å². The fourth-order valence-corrected chi connectivity index (χ4v) is 3.69. The lowest BCUT2D eigenvalue weighted by atomic mass is 10.1. The number of hydrogen-bond donors (Lipinski definition) is 2. The summed E-state index contributed by atoms with van der Waals surface area (Å²) in [5.74, 6) is 0.834. The Hall–Kier alpha value is -1.51. The summed E-state index contributed by atoms with van der Waals surface area (Å²) in [6, 6.07) is 8.04. The third kappa shape index (κ3) is 5.49. The first kappa shape index (κ1) is 19.3. The van der Waals surface area contributed by atoms with Gasteiger partial charge in [-0.25, -0.2) is 4.98 Å². The van der Waals surface area contributed by atoms with Gasteiger partial charge in [-0.1, -0.05) is 18.2 Å². The first-order valence-electron chi connectivity index (χ1n) is 9.08. The zero-order valence-electron chi connectivity index (χ0n) is 15.3. The number of benzene rings is 1. The zero-order chi connectivity index (χ0) is 18.4. The Kier molecular flexibility index (Phi) is 6.99. The van der Waals surface area contributed by atoms with Crippen LogP contribution in [0.25, 0.3) is 0 Å². The van der Waals surface area contributed by atoms with Crippen LogP contribution in [-0.2, 0) is 13.1 Å². The van der Waals surface area contributed by atoms with Crippen LogP contribution in [0.15, 0.2) is 29.6 Å². The highest BCUT2D eigenvalue weighted by Gasteiger charge is 2.19. The molecule has 1 fully saturated rings. The zero-order valence-corrected chi connectivity index (χ0v) is 16.1. The number of hydrogen-bond acceptors (Lipinski definition) is 7. The van der Waals surface area contributed by atoms with Gasteiger partial charge < -0.3 is 15.6 Å². The van der Waals surface area contributed by atoms with Crippen molar-refractivity contribution in [2.24, 2.45) is 5.73 Å². The van der Waals surface area contributed by atoms with Gasteiger partial charge in [0, 0.05) is 56.8 Å². The summed E-state index contributed by atoms with van der Waals surface area (Å²) in [4.78, 5) is 9.47. The van der Waals surface area contributed by atoms with Gasteiger partial charge in [0.1, 0.15) is 18.5 Å². The molecule has 6 nitrogen and oxygen atoms in total. The van der Waals surface area contributed by atoms with E-state index in [9.17, 15) is 5.11 Å². The Morgan fingerprint density at radius 3 is 2.54 bits per heavy atom. The molecule has 0 unspecified atom stereocenters. The molecule has 2 heterocycles. The molecule has 3 rings (SSSR count). The molecule has 0 bridgehead atoms. The van der Waals surface area contributed by atoms with E-state index in [0.717, 1.165) is 55.6 Å². The third-order valence-electron chi connectivity index (χ3n) is 4.59. The number of ether oxygens (including phenoxy) is 1. The van der Waals surface area contributed by atoms with Gasteiger partial charge >= 0.3 is 0 Å². The molecule has 1 aromatic heterocycles. The number of rotatable bonds is 8. The van der Waals surface area contributed by atoms with E-state index in [1.54, 1.807) is 11.3 Å². The average Bonchev–Trinajstić information content (AvgIpc) is 3.07. The monoisotopic (exact) mass is 376 g/mol. The quantitative estimate of drug-likeness (QED) is 0.727. The van der Waals surface area contributed by atoms with Crippen LogP contribution >= 0.6 is 11.3 Å². The predicted octanol–water partition coefficient (Wildman–Crippen LogP) is 1.47. The van der Waals surface area contributed by atoms with Crippen molar-refractivity contribution in [3.63, 3.8) is 0 Å². The highest BCUT2D eigenvalue weighted by atomic mass is 32.1. The van der Waals surface area contributed by atoms with Gasteiger partial charge in [-0.05, 0) is 13.0 Å². The summed E-state index contributed by atoms with van der Waals surface area (Å²) in [5.41, 5.74) is 7.78. The summed E-state index contributed by atoms with van der Waals surface area (Å²) in [6.07, 6.45) is -0.624. The van der Waals surface area contributed by atoms with Crippen molar-refractivity contribution < 1.29 is 9.84 Å². The summed E-state index contributed by atoms with van der Waals surface area (Å²) >= 11 is 1.72. The summed E-state index contributed by atoms with van der Waals surface area (Å²) in [7, 11) is 0. The SMILES string of the molecule is Cc1nc(CN2CCN(Cc3ccccc3OC[C@@H](O)CN)CC2)cs1. The molecule has 2 aromatic rings. The van der Waals surface area contributed by atoms with Gasteiger partial charge in [-0.3, -0.25) is 9.80 Å². The molecule has 1 aliphatic heterocycles. The summed E-state index contributed by atoms with van der Waals surface area (Å²) in [5, 5.41) is 12.9. The molecule has 1 aromatic carbocycles. The number of thiazole rings is 1. The molecule has 3 N–H and O–H groups in total. The van der Waals surface area contributed by atoms with Crippen LogP contribution in [0, 0.1) is 6.92 Å². The molecule has 0 aliphatic carbocycles. The molecule has 0 radical (unpaired) electrons. The third-order valence-corrected chi connectivity index (χ3v) is 5.41. The standard InChI is InChI=1S/C19H28N4O2S/c1-15-21-17(14-26-15)12-23-8-6-22(7-9-23)11-16-4-2-3-5-19(16)25-13-18(24)10-20/h2-5,14,18,24H,6-13,20H2,1H3/t18-/m0/s1. The number of nitrogens with zero attached hydrogens (tertiary/aromatic N) is 3. The molecule has 7 heteroatoms. The van der Waals surface area contributed by atoms with E-state index < -0.39 is 6.10 Å². The lowest BCUT2D eigenvalue weighted by Gasteiger charge is -2.34. The van der Waals surface area contributed by atoms with Crippen LogP contribution in [0.5, 0.6) is 5.75 Å². The summed E-state index contributed by atoms with van der Waals surface area (Å²) < 4.78 is 5.76. The van der Waals surface area contributed by atoms with Crippen LogP contribution in [0.4, 0.5) is 0 Å². The lowest BCUT2D eigenvalue weighted by Crippen LogP contribution is -2.45. The fraction of sp³-hybridized carbons (Fsp3) is 0.526. The minimum absolute atomic E-state index is 0.211. The van der Waals surface area contributed by atoms with Crippen molar-refractivity contribution in [1.29, 1.82) is 0 Å². The molecule has 0 saturated carbocycles. The normalized spacial score (nSPS) is 17.3. The Labute approximate surface area is 159 Å². The summed E-state index contributed by atoms with van der Waals surface area (Å²) in [6.45, 7) is 8.45. The predicted molar refractivity (Wildman–Crippen MR) is 104 cm³/mol. The second kappa shape index (κ2) is 9.43. The van der Waals surface area contributed by atoms with E-state index in [1.807, 2.05) is 18.2 Å². The largest absolute Gasteiger partial charge is 0.491 e. The fourth-order valence-electron chi connectivity index (χ4n) is 3.09. The van der Waals surface area contributed by atoms with E-state index in [2.05, 4.69) is 33.2 Å². The Morgan fingerprint density at radius 2 is 1.88 bits per heavy atom. The minimum atomic E-state index is -0.624. The van der Waals surface area contributed by atoms with E-state index in [0.29, 0.717) is 0 Å². The first-order chi connectivity index (χ1) is 12.6. The minimum Gasteiger partial charge on any atom is -0.491 e. The van der Waals surface area contributed by atoms with Crippen LogP contribution in [0.3, 0.4) is 0 Å². The molecular formula is C19H28N4O2S. The smallest absolute Gasteiger partial charge is 0.123 e. The van der Waals surface area contributed by atoms with E-state index in [4.69, 9.17) is 10.5 Å². The Morgan fingerprint density at radius 1 is 1.19 bits per heavy atom. The van der Waals surface area contributed by atoms with E-state index in [-0.39, 0.29) is 13.2 Å². The van der Waals surface area contributed by atoms with E-state index in [1.165, 1.54) is 5.69 Å². The number of aliphatic hydroxyl groups excluding tert-OH is 1. The van der Waals surface area contributed by atoms with Crippen molar-refractivity contribution in [3.05, 3.63) is 45.9 Å². The lowest BCUT2D eigenvalue weighted by molar-refractivity contribution is 0.108. The van der Waals surface area contributed by atoms with Gasteiger partial charge in [-0.2, -0.15) is 0 Å². The number of piperazine rings is 1. The van der Waals surface area contributed by atoms with Gasteiger partial charge in [0.25, 0.3) is 0 Å². The maximum absolute atomic E-state index is 9.61. The first-order valence-corrected chi connectivity index (χ1v) is 9.96. The number of nitrogens with two attached hydrogens (primary N) is 1. The van der Waals surface area contributed by atoms with E-state index >= 15 is 0 Å². The van der Waals surface area contributed by atoms with Gasteiger partial charge in [0.15, 0.2) is 0 Å². The maximum atomic E-state index is 9.61. The number of aromatic nitrogens is 1. The van der Waals surface area contributed by atoms with Gasteiger partial charge in [0.2, 0.25) is 0 Å². The maximum Gasteiger partial charge on any atom is 0.123 e.